The van der Waals surface area contributed by atoms with Crippen LogP contribution in [0.5, 0.6) is 5.75 Å². The standard InChI is InChI=1S/C14H11N3O3/c15-10-12-13(17(18)19)5-3-6-14(12)20-9-7-11-4-1-2-8-16-11/h1-6,8H,7,9H2. The number of nitro groups is 1. The number of hydrogen-bond donors (Lipinski definition) is 0. The van der Waals surface area contributed by atoms with Crippen molar-refractivity contribution in [2.24, 2.45) is 0 Å². The van der Waals surface area contributed by atoms with Gasteiger partial charge in [-0.1, -0.05) is 12.1 Å². The molecule has 100 valence electrons. The van der Waals surface area contributed by atoms with Crippen LogP contribution in [0.2, 0.25) is 0 Å². The van der Waals surface area contributed by atoms with Crippen LogP contribution in [0.3, 0.4) is 0 Å². The average molecular weight is 269 g/mol. The lowest BCUT2D eigenvalue weighted by Crippen LogP contribution is -2.04. The third-order valence-corrected chi connectivity index (χ3v) is 2.65. The highest BCUT2D eigenvalue weighted by Gasteiger charge is 2.18. The predicted octanol–water partition coefficient (Wildman–Crippen LogP) is 2.48. The molecule has 6 nitrogen and oxygen atoms in total. The molecule has 2 aromatic rings. The van der Waals surface area contributed by atoms with Crippen LogP contribution in [0.15, 0.2) is 42.6 Å². The molecule has 0 radical (unpaired) electrons. The van der Waals surface area contributed by atoms with Crippen molar-refractivity contribution in [2.75, 3.05) is 6.61 Å². The third kappa shape index (κ3) is 3.09. The second-order valence-corrected chi connectivity index (χ2v) is 3.94. The van der Waals surface area contributed by atoms with E-state index < -0.39 is 4.92 Å². The Balaban J connectivity index is 2.09. The Morgan fingerprint density at radius 3 is 2.80 bits per heavy atom. The van der Waals surface area contributed by atoms with E-state index in [0.717, 1.165) is 5.69 Å². The molecule has 0 saturated heterocycles. The molecule has 0 aliphatic rings. The van der Waals surface area contributed by atoms with E-state index in [1.54, 1.807) is 12.3 Å². The molecule has 0 fully saturated rings. The van der Waals surface area contributed by atoms with Crippen LogP contribution in [0.4, 0.5) is 5.69 Å². The van der Waals surface area contributed by atoms with Gasteiger partial charge in [0.1, 0.15) is 11.8 Å². The molecule has 0 saturated carbocycles. The smallest absolute Gasteiger partial charge is 0.290 e. The molecular weight excluding hydrogens is 258 g/mol. The van der Waals surface area contributed by atoms with E-state index in [9.17, 15) is 10.1 Å². The zero-order chi connectivity index (χ0) is 14.4. The number of nitriles is 1. The summed E-state index contributed by atoms with van der Waals surface area (Å²) in [5, 5.41) is 19.8. The number of rotatable bonds is 5. The maximum atomic E-state index is 10.8. The first-order chi connectivity index (χ1) is 9.72. The minimum Gasteiger partial charge on any atom is -0.492 e. The van der Waals surface area contributed by atoms with E-state index in [2.05, 4.69) is 4.98 Å². The summed E-state index contributed by atoms with van der Waals surface area (Å²) in [6, 6.07) is 11.7. The van der Waals surface area contributed by atoms with E-state index >= 15 is 0 Å². The normalized spacial score (nSPS) is 9.75. The number of pyridine rings is 1. The minimum atomic E-state index is -0.593. The van der Waals surface area contributed by atoms with Crippen LogP contribution in [-0.4, -0.2) is 16.5 Å². The zero-order valence-electron chi connectivity index (χ0n) is 10.5. The largest absolute Gasteiger partial charge is 0.492 e. The van der Waals surface area contributed by atoms with Crippen molar-refractivity contribution >= 4 is 5.69 Å². The molecule has 0 spiro atoms. The van der Waals surface area contributed by atoms with Crippen LogP contribution >= 0.6 is 0 Å². The molecule has 0 N–H and O–H groups in total. The van der Waals surface area contributed by atoms with Crippen LogP contribution in [0.1, 0.15) is 11.3 Å². The molecule has 20 heavy (non-hydrogen) atoms. The predicted molar refractivity (Wildman–Crippen MR) is 71.2 cm³/mol. The Labute approximate surface area is 115 Å². The summed E-state index contributed by atoms with van der Waals surface area (Å²) in [6.07, 6.45) is 2.25. The van der Waals surface area contributed by atoms with Crippen LogP contribution in [0.25, 0.3) is 0 Å². The summed E-state index contributed by atoms with van der Waals surface area (Å²) in [7, 11) is 0. The highest BCUT2D eigenvalue weighted by atomic mass is 16.6. The summed E-state index contributed by atoms with van der Waals surface area (Å²) >= 11 is 0. The zero-order valence-corrected chi connectivity index (χ0v) is 10.5. The first-order valence-corrected chi connectivity index (χ1v) is 5.92. The first-order valence-electron chi connectivity index (χ1n) is 5.92. The number of nitro benzene ring substituents is 1. The van der Waals surface area contributed by atoms with Gasteiger partial charge in [0.2, 0.25) is 0 Å². The molecule has 0 bridgehead atoms. The van der Waals surface area contributed by atoms with Crippen LogP contribution in [0, 0.1) is 21.4 Å². The van der Waals surface area contributed by atoms with Crippen LogP contribution in [-0.2, 0) is 6.42 Å². The van der Waals surface area contributed by atoms with Crippen molar-refractivity contribution in [1.29, 1.82) is 5.26 Å². The number of nitrogens with zero attached hydrogens (tertiary/aromatic N) is 3. The van der Waals surface area contributed by atoms with Gasteiger partial charge in [0.15, 0.2) is 5.56 Å². The Morgan fingerprint density at radius 2 is 2.15 bits per heavy atom. The molecule has 0 aliphatic carbocycles. The van der Waals surface area contributed by atoms with Gasteiger partial charge in [-0.05, 0) is 18.2 Å². The van der Waals surface area contributed by atoms with Gasteiger partial charge in [0, 0.05) is 24.4 Å². The lowest BCUT2D eigenvalue weighted by molar-refractivity contribution is -0.385. The molecule has 0 unspecified atom stereocenters. The van der Waals surface area contributed by atoms with E-state index in [4.69, 9.17) is 10.00 Å². The Hall–Kier alpha value is -2.94. The van der Waals surface area contributed by atoms with Gasteiger partial charge in [-0.3, -0.25) is 15.1 Å². The minimum absolute atomic E-state index is 0.0569. The van der Waals surface area contributed by atoms with E-state index in [1.807, 2.05) is 24.3 Å². The lowest BCUT2D eigenvalue weighted by Gasteiger charge is -2.07. The lowest BCUT2D eigenvalue weighted by atomic mass is 10.2. The highest BCUT2D eigenvalue weighted by Crippen LogP contribution is 2.27. The maximum absolute atomic E-state index is 10.8. The van der Waals surface area contributed by atoms with Gasteiger partial charge in [-0.15, -0.1) is 0 Å². The quantitative estimate of drug-likeness (QED) is 0.614. The molecule has 2 rings (SSSR count). The maximum Gasteiger partial charge on any atom is 0.290 e. The summed E-state index contributed by atoms with van der Waals surface area (Å²) in [4.78, 5) is 14.4. The summed E-state index contributed by atoms with van der Waals surface area (Å²) in [5.74, 6) is 0.220. The Bertz CT molecular complexity index is 650. The summed E-state index contributed by atoms with van der Waals surface area (Å²) in [5.41, 5.74) is 0.554. The van der Waals surface area contributed by atoms with Crippen molar-refractivity contribution in [3.8, 4) is 11.8 Å². The van der Waals surface area contributed by atoms with E-state index in [-0.39, 0.29) is 17.0 Å². The summed E-state index contributed by atoms with van der Waals surface area (Å²) < 4.78 is 5.46. The van der Waals surface area contributed by atoms with Crippen molar-refractivity contribution in [2.45, 2.75) is 6.42 Å². The second-order valence-electron chi connectivity index (χ2n) is 3.94. The Morgan fingerprint density at radius 1 is 1.30 bits per heavy atom. The summed E-state index contributed by atoms with van der Waals surface area (Å²) in [6.45, 7) is 0.298. The van der Waals surface area contributed by atoms with Gasteiger partial charge >= 0.3 is 0 Å². The monoisotopic (exact) mass is 269 g/mol. The Kier molecular flexibility index (Phi) is 4.24. The SMILES string of the molecule is N#Cc1c(OCCc2ccccn2)cccc1[N+](=O)[O-]. The molecular formula is C14H11N3O3. The van der Waals surface area contributed by atoms with E-state index in [0.29, 0.717) is 13.0 Å². The first kappa shape index (κ1) is 13.5. The molecule has 0 atom stereocenters. The van der Waals surface area contributed by atoms with Gasteiger partial charge in [0.05, 0.1) is 11.5 Å². The van der Waals surface area contributed by atoms with Gasteiger partial charge in [-0.25, -0.2) is 0 Å². The number of ether oxygens (including phenoxy) is 1. The molecule has 0 amide bonds. The molecule has 1 aromatic heterocycles. The fourth-order valence-corrected chi connectivity index (χ4v) is 1.72. The van der Waals surface area contributed by atoms with Gasteiger partial charge < -0.3 is 4.74 Å². The average Bonchev–Trinajstić information content (AvgIpc) is 2.48. The number of aromatic nitrogens is 1. The van der Waals surface area contributed by atoms with E-state index in [1.165, 1.54) is 12.1 Å². The highest BCUT2D eigenvalue weighted by molar-refractivity contribution is 5.56. The number of benzene rings is 1. The fraction of sp³-hybridized carbons (Fsp3) is 0.143. The fourth-order valence-electron chi connectivity index (χ4n) is 1.72. The van der Waals surface area contributed by atoms with Crippen molar-refractivity contribution < 1.29 is 9.66 Å². The topological polar surface area (TPSA) is 89.0 Å². The second kappa shape index (κ2) is 6.29. The molecule has 1 heterocycles. The molecule has 0 aliphatic heterocycles. The van der Waals surface area contributed by atoms with Crippen molar-refractivity contribution in [1.82, 2.24) is 4.98 Å². The molecule has 6 heteroatoms. The molecule has 1 aromatic carbocycles. The van der Waals surface area contributed by atoms with Crippen molar-refractivity contribution in [3.05, 3.63) is 64.0 Å². The van der Waals surface area contributed by atoms with Crippen molar-refractivity contribution in [3.63, 3.8) is 0 Å². The number of hydrogen-bond acceptors (Lipinski definition) is 5. The van der Waals surface area contributed by atoms with Gasteiger partial charge in [-0.2, -0.15) is 5.26 Å². The third-order valence-electron chi connectivity index (χ3n) is 2.65. The van der Waals surface area contributed by atoms with Gasteiger partial charge in [0.25, 0.3) is 5.69 Å². The van der Waals surface area contributed by atoms with Crippen LogP contribution < -0.4 is 4.74 Å².